The molecule has 7 nitrogen and oxygen atoms in total. The lowest BCUT2D eigenvalue weighted by Gasteiger charge is -2.35. The van der Waals surface area contributed by atoms with E-state index in [4.69, 9.17) is 9.40 Å². The van der Waals surface area contributed by atoms with Gasteiger partial charge in [0.2, 0.25) is 0 Å². The van der Waals surface area contributed by atoms with Gasteiger partial charge in [0.25, 0.3) is 5.91 Å². The van der Waals surface area contributed by atoms with Crippen molar-refractivity contribution in [3.63, 3.8) is 0 Å². The number of hydrogen-bond donors (Lipinski definition) is 0. The summed E-state index contributed by atoms with van der Waals surface area (Å²) in [5.41, 5.74) is 1.91. The molecule has 0 radical (unpaired) electrons. The fraction of sp³-hybridized carbons (Fsp3) is 0.333. The molecule has 3 aromatic heterocycles. The minimum atomic E-state index is -0.0845. The number of anilines is 1. The number of fused-ring (bicyclic) bond motifs is 1. The number of amides is 1. The number of carbonyl (C=O) groups excluding carboxylic acids is 1. The molecule has 32 heavy (non-hydrogen) atoms. The summed E-state index contributed by atoms with van der Waals surface area (Å²) in [6.07, 6.45) is 0. The maximum absolute atomic E-state index is 13.0. The van der Waals surface area contributed by atoms with Crippen molar-refractivity contribution < 1.29 is 9.21 Å². The fourth-order valence-electron chi connectivity index (χ4n) is 3.83. The highest BCUT2D eigenvalue weighted by molar-refractivity contribution is 7.21. The van der Waals surface area contributed by atoms with E-state index in [-0.39, 0.29) is 11.8 Å². The SMILES string of the molecule is Cc1cc(N2CCN(C(=O)c3ccc(-c4nc5ccccc5s4)o3)CC2)nc(C(C)C)n1. The van der Waals surface area contributed by atoms with Crippen LogP contribution in [0.1, 0.15) is 41.8 Å². The number of furan rings is 1. The van der Waals surface area contributed by atoms with Gasteiger partial charge in [0.1, 0.15) is 11.6 Å². The molecule has 0 unspecified atom stereocenters. The van der Waals surface area contributed by atoms with Gasteiger partial charge in [-0.3, -0.25) is 4.79 Å². The molecule has 164 valence electrons. The van der Waals surface area contributed by atoms with Crippen LogP contribution in [0.25, 0.3) is 21.0 Å². The van der Waals surface area contributed by atoms with Crippen LogP contribution in [-0.2, 0) is 0 Å². The van der Waals surface area contributed by atoms with Crippen LogP contribution in [0.4, 0.5) is 5.82 Å². The molecule has 0 atom stereocenters. The van der Waals surface area contributed by atoms with E-state index in [2.05, 4.69) is 28.7 Å². The molecule has 0 aliphatic carbocycles. The van der Waals surface area contributed by atoms with Gasteiger partial charge in [0.15, 0.2) is 16.5 Å². The van der Waals surface area contributed by atoms with E-state index >= 15 is 0 Å². The lowest BCUT2D eigenvalue weighted by molar-refractivity contribution is 0.0715. The van der Waals surface area contributed by atoms with Crippen LogP contribution in [0.15, 0.2) is 46.9 Å². The topological polar surface area (TPSA) is 75.4 Å². The first kappa shape index (κ1) is 20.6. The van der Waals surface area contributed by atoms with Crippen molar-refractivity contribution in [3.8, 4) is 10.8 Å². The zero-order chi connectivity index (χ0) is 22.2. The monoisotopic (exact) mass is 447 g/mol. The number of aromatic nitrogens is 3. The molecule has 1 amide bonds. The van der Waals surface area contributed by atoms with Crippen molar-refractivity contribution >= 4 is 33.3 Å². The average Bonchev–Trinajstić information content (AvgIpc) is 3.45. The molecule has 1 aliphatic rings. The van der Waals surface area contributed by atoms with Gasteiger partial charge >= 0.3 is 0 Å². The quantitative estimate of drug-likeness (QED) is 0.450. The Hall–Kier alpha value is -3.26. The van der Waals surface area contributed by atoms with Crippen LogP contribution in [0, 0.1) is 6.92 Å². The van der Waals surface area contributed by atoms with Crippen LogP contribution in [0.3, 0.4) is 0 Å². The third-order valence-electron chi connectivity index (χ3n) is 5.59. The zero-order valence-electron chi connectivity index (χ0n) is 18.4. The van der Waals surface area contributed by atoms with Gasteiger partial charge in [-0.15, -0.1) is 11.3 Å². The van der Waals surface area contributed by atoms with E-state index in [9.17, 15) is 4.79 Å². The number of hydrogen-bond acceptors (Lipinski definition) is 7. The Morgan fingerprint density at radius 2 is 1.81 bits per heavy atom. The third-order valence-corrected chi connectivity index (χ3v) is 6.64. The lowest BCUT2D eigenvalue weighted by Crippen LogP contribution is -2.49. The number of benzene rings is 1. The van der Waals surface area contributed by atoms with E-state index in [0.717, 1.165) is 45.6 Å². The summed E-state index contributed by atoms with van der Waals surface area (Å²) in [7, 11) is 0. The number of piperazine rings is 1. The highest BCUT2D eigenvalue weighted by Gasteiger charge is 2.26. The summed E-state index contributed by atoms with van der Waals surface area (Å²) in [6, 6.07) is 13.6. The molecule has 8 heteroatoms. The van der Waals surface area contributed by atoms with Gasteiger partial charge in [-0.05, 0) is 31.2 Å². The highest BCUT2D eigenvalue weighted by atomic mass is 32.1. The van der Waals surface area contributed by atoms with Crippen molar-refractivity contribution in [3.05, 3.63) is 59.7 Å². The van der Waals surface area contributed by atoms with Crippen LogP contribution in [-0.4, -0.2) is 51.9 Å². The number of aryl methyl sites for hydroxylation is 1. The fourth-order valence-corrected chi connectivity index (χ4v) is 4.76. The summed E-state index contributed by atoms with van der Waals surface area (Å²) >= 11 is 1.56. The first-order chi connectivity index (χ1) is 15.5. The summed E-state index contributed by atoms with van der Waals surface area (Å²) in [4.78, 5) is 31.0. The van der Waals surface area contributed by atoms with E-state index in [1.807, 2.05) is 48.2 Å². The summed E-state index contributed by atoms with van der Waals surface area (Å²) in [5.74, 6) is 2.97. The van der Waals surface area contributed by atoms with Crippen LogP contribution in [0.2, 0.25) is 0 Å². The van der Waals surface area contributed by atoms with Crippen LogP contribution >= 0.6 is 11.3 Å². The molecule has 0 bridgehead atoms. The average molecular weight is 448 g/mol. The van der Waals surface area contributed by atoms with E-state index in [1.54, 1.807) is 17.4 Å². The molecular weight excluding hydrogens is 422 g/mol. The van der Waals surface area contributed by atoms with Gasteiger partial charge in [0.05, 0.1) is 10.2 Å². The maximum Gasteiger partial charge on any atom is 0.289 e. The van der Waals surface area contributed by atoms with Gasteiger partial charge in [-0.1, -0.05) is 26.0 Å². The first-order valence-corrected chi connectivity index (χ1v) is 11.6. The third kappa shape index (κ3) is 3.98. The lowest BCUT2D eigenvalue weighted by atomic mass is 10.2. The van der Waals surface area contributed by atoms with Crippen molar-refractivity contribution in [1.82, 2.24) is 19.9 Å². The van der Waals surface area contributed by atoms with Gasteiger partial charge in [-0.2, -0.15) is 0 Å². The number of para-hydroxylation sites is 1. The van der Waals surface area contributed by atoms with Crippen LogP contribution < -0.4 is 4.90 Å². The first-order valence-electron chi connectivity index (χ1n) is 10.8. The van der Waals surface area contributed by atoms with E-state index in [1.165, 1.54) is 0 Å². The van der Waals surface area contributed by atoms with Gasteiger partial charge in [0, 0.05) is 43.9 Å². The Bertz CT molecular complexity index is 1240. The Morgan fingerprint density at radius 3 is 2.56 bits per heavy atom. The highest BCUT2D eigenvalue weighted by Crippen LogP contribution is 2.31. The predicted molar refractivity (Wildman–Crippen MR) is 126 cm³/mol. The molecule has 1 saturated heterocycles. The Morgan fingerprint density at radius 1 is 1.03 bits per heavy atom. The van der Waals surface area contributed by atoms with E-state index in [0.29, 0.717) is 24.6 Å². The summed E-state index contributed by atoms with van der Waals surface area (Å²) in [5, 5.41) is 0.787. The standard InChI is InChI=1S/C24H25N5O2S/c1-15(2)22-25-16(3)14-21(27-22)28-10-12-29(13-11-28)24(30)19-9-8-18(31-19)23-26-17-6-4-5-7-20(17)32-23/h4-9,14-15H,10-13H2,1-3H3. The second kappa shape index (κ2) is 8.35. The van der Waals surface area contributed by atoms with Crippen molar-refractivity contribution in [1.29, 1.82) is 0 Å². The maximum atomic E-state index is 13.0. The minimum absolute atomic E-state index is 0.0845. The molecule has 0 saturated carbocycles. The second-order valence-electron chi connectivity index (χ2n) is 8.31. The molecule has 1 fully saturated rings. The van der Waals surface area contributed by atoms with E-state index < -0.39 is 0 Å². The van der Waals surface area contributed by atoms with Crippen molar-refractivity contribution in [2.24, 2.45) is 0 Å². The molecule has 1 aromatic carbocycles. The Labute approximate surface area is 190 Å². The number of nitrogens with zero attached hydrogens (tertiary/aromatic N) is 5. The molecule has 0 N–H and O–H groups in total. The van der Waals surface area contributed by atoms with Crippen molar-refractivity contribution in [2.75, 3.05) is 31.1 Å². The Kier molecular flexibility index (Phi) is 5.38. The second-order valence-corrected chi connectivity index (χ2v) is 9.34. The molecule has 5 rings (SSSR count). The largest absolute Gasteiger partial charge is 0.448 e. The minimum Gasteiger partial charge on any atom is -0.448 e. The molecule has 0 spiro atoms. The number of carbonyl (C=O) groups is 1. The predicted octanol–water partition coefficient (Wildman–Crippen LogP) is 4.74. The van der Waals surface area contributed by atoms with Gasteiger partial charge in [-0.25, -0.2) is 15.0 Å². The summed E-state index contributed by atoms with van der Waals surface area (Å²) < 4.78 is 7.01. The normalized spacial score (nSPS) is 14.5. The van der Waals surface area contributed by atoms with Crippen molar-refractivity contribution in [2.45, 2.75) is 26.7 Å². The molecule has 1 aliphatic heterocycles. The van der Waals surface area contributed by atoms with Gasteiger partial charge < -0.3 is 14.2 Å². The summed E-state index contributed by atoms with van der Waals surface area (Å²) in [6.45, 7) is 8.89. The zero-order valence-corrected chi connectivity index (χ0v) is 19.2. The van der Waals surface area contributed by atoms with Crippen LogP contribution in [0.5, 0.6) is 0 Å². The molecular formula is C24H25N5O2S. The Balaban J connectivity index is 1.27. The number of thiazole rings is 1. The smallest absolute Gasteiger partial charge is 0.289 e. The molecule has 4 heterocycles. The number of rotatable bonds is 4. The molecule has 4 aromatic rings.